The highest BCUT2D eigenvalue weighted by Gasteiger charge is 2.52. The molecule has 2 aliphatic rings. The third-order valence-corrected chi connectivity index (χ3v) is 11.7. The van der Waals surface area contributed by atoms with Crippen LogP contribution in [0.1, 0.15) is 158 Å². The van der Waals surface area contributed by atoms with Crippen molar-refractivity contribution in [2.45, 2.75) is 155 Å². The number of nitrogens with zero attached hydrogens (tertiary/aromatic N) is 2. The summed E-state index contributed by atoms with van der Waals surface area (Å²) in [6.07, 6.45) is 12.5. The molecule has 1 heterocycles. The lowest BCUT2D eigenvalue weighted by atomic mass is 9.82. The van der Waals surface area contributed by atoms with E-state index in [1.165, 1.54) is 36.8 Å². The van der Waals surface area contributed by atoms with E-state index in [1.807, 2.05) is 27.0 Å². The van der Waals surface area contributed by atoms with Gasteiger partial charge in [-0.2, -0.15) is 0 Å². The highest BCUT2D eigenvalue weighted by molar-refractivity contribution is 5.93. The number of rotatable bonds is 11. The van der Waals surface area contributed by atoms with Crippen LogP contribution in [0.4, 0.5) is 4.39 Å². The normalized spacial score (nSPS) is 19.7. The van der Waals surface area contributed by atoms with Crippen molar-refractivity contribution >= 4 is 16.5 Å². The molecule has 2 saturated carbocycles. The van der Waals surface area contributed by atoms with E-state index < -0.39 is 0 Å². The highest BCUT2D eigenvalue weighted by Crippen LogP contribution is 2.59. The number of halogens is 1. The van der Waals surface area contributed by atoms with Crippen molar-refractivity contribution < 1.29 is 4.39 Å². The molecule has 2 aromatic rings. The highest BCUT2D eigenvalue weighted by atomic mass is 19.1. The number of allylic oxidation sites excluding steroid dienone is 7. The lowest BCUT2D eigenvalue weighted by molar-refractivity contribution is 0.445. The lowest BCUT2D eigenvalue weighted by Crippen LogP contribution is -2.10. The third kappa shape index (κ3) is 8.29. The Kier molecular flexibility index (Phi) is 14.2. The predicted octanol–water partition coefficient (Wildman–Crippen LogP) is 13.4. The Bertz CT molecular complexity index is 1470. The standard InChI is InChI=1S/C33H45FN2.C8H16.C2H6/c1-11-21(7)23(9)29(22(8)20(5)6)24(10)30-26(13-3)25(12-2)27-19-35-28(36-32(27)31(30)34)15-16-33(14-4)17-18-33;1-5-7-6(2)8(7,3)4;1-2/h11,19H,10,12-18H2,1-9H3;6-7H,5H2,1-4H3;1-2H3/b21-11-,29-23-;;. The molecule has 0 N–H and O–H groups in total. The van der Waals surface area contributed by atoms with Gasteiger partial charge >= 0.3 is 0 Å². The van der Waals surface area contributed by atoms with E-state index in [-0.39, 0.29) is 5.82 Å². The number of hydrogen-bond acceptors (Lipinski definition) is 2. The quantitative estimate of drug-likeness (QED) is 0.231. The van der Waals surface area contributed by atoms with Crippen LogP contribution < -0.4 is 0 Å². The van der Waals surface area contributed by atoms with E-state index in [4.69, 9.17) is 9.97 Å². The fraction of sp³-hybridized carbons (Fsp3) is 0.628. The first-order chi connectivity index (χ1) is 21.7. The molecule has 0 radical (unpaired) electrons. The molecule has 46 heavy (non-hydrogen) atoms. The first-order valence-electron chi connectivity index (χ1n) is 18.3. The molecule has 0 aliphatic heterocycles. The van der Waals surface area contributed by atoms with E-state index in [1.54, 1.807) is 0 Å². The van der Waals surface area contributed by atoms with Crippen molar-refractivity contribution in [1.82, 2.24) is 9.97 Å². The third-order valence-electron chi connectivity index (χ3n) is 11.7. The first-order valence-corrected chi connectivity index (χ1v) is 18.3. The summed E-state index contributed by atoms with van der Waals surface area (Å²) in [4.78, 5) is 9.53. The number of benzene rings is 1. The minimum absolute atomic E-state index is 0.255. The molecule has 4 rings (SSSR count). The van der Waals surface area contributed by atoms with Gasteiger partial charge in [0.2, 0.25) is 0 Å². The van der Waals surface area contributed by atoms with Crippen molar-refractivity contribution in [3.05, 3.63) is 75.0 Å². The number of aromatic nitrogens is 2. The molecule has 0 bridgehead atoms. The molecular formula is C43H67FN2. The van der Waals surface area contributed by atoms with Gasteiger partial charge in [-0.05, 0) is 130 Å². The van der Waals surface area contributed by atoms with Crippen LogP contribution in [-0.2, 0) is 19.3 Å². The van der Waals surface area contributed by atoms with Gasteiger partial charge in [-0.3, -0.25) is 0 Å². The molecule has 2 nitrogen and oxygen atoms in total. The van der Waals surface area contributed by atoms with E-state index >= 15 is 4.39 Å². The van der Waals surface area contributed by atoms with Gasteiger partial charge in [0.15, 0.2) is 5.82 Å². The van der Waals surface area contributed by atoms with Gasteiger partial charge in [-0.25, -0.2) is 14.4 Å². The second-order valence-corrected chi connectivity index (χ2v) is 14.5. The van der Waals surface area contributed by atoms with Crippen LogP contribution >= 0.6 is 0 Å². The minimum atomic E-state index is -0.255. The van der Waals surface area contributed by atoms with Crippen LogP contribution in [0, 0.1) is 28.5 Å². The Morgan fingerprint density at radius 1 is 0.978 bits per heavy atom. The van der Waals surface area contributed by atoms with Crippen LogP contribution in [0.2, 0.25) is 0 Å². The molecule has 0 amide bonds. The zero-order chi connectivity index (χ0) is 35.1. The second-order valence-electron chi connectivity index (χ2n) is 14.5. The summed E-state index contributed by atoms with van der Waals surface area (Å²) >= 11 is 0. The molecule has 0 saturated heterocycles. The Hall–Kier alpha value is -2.55. The smallest absolute Gasteiger partial charge is 0.157 e. The molecule has 0 spiro atoms. The van der Waals surface area contributed by atoms with Gasteiger partial charge in [0.05, 0.1) is 0 Å². The van der Waals surface area contributed by atoms with Crippen molar-refractivity contribution in [3.8, 4) is 0 Å². The van der Waals surface area contributed by atoms with E-state index in [2.05, 4.69) is 95.7 Å². The molecule has 256 valence electrons. The summed E-state index contributed by atoms with van der Waals surface area (Å²) < 4.78 is 16.6. The van der Waals surface area contributed by atoms with Crippen LogP contribution in [0.15, 0.2) is 46.7 Å². The number of aryl methyl sites for hydroxylation is 2. The van der Waals surface area contributed by atoms with E-state index in [0.717, 1.165) is 82.1 Å². The van der Waals surface area contributed by atoms with Crippen LogP contribution in [0.25, 0.3) is 16.5 Å². The van der Waals surface area contributed by atoms with Crippen molar-refractivity contribution in [2.24, 2.45) is 22.7 Å². The Balaban J connectivity index is 0.000000632. The SMILES string of the molecule is C=C(/C(C(C)=C(C)C)=C(C)\C(C)=C/C)c1c(CC)c(CC)c2cnc(CCC3(CC)CC3)nc2c1F.CC.CCC1C(C)C1(C)C. The topological polar surface area (TPSA) is 25.8 Å². The first kappa shape index (κ1) is 39.6. The average molecular weight is 631 g/mol. The number of fused-ring (bicyclic) bond motifs is 1. The fourth-order valence-electron chi connectivity index (χ4n) is 7.35. The van der Waals surface area contributed by atoms with Gasteiger partial charge in [0, 0.05) is 23.6 Å². The molecule has 2 fully saturated rings. The van der Waals surface area contributed by atoms with Crippen molar-refractivity contribution in [1.29, 1.82) is 0 Å². The van der Waals surface area contributed by atoms with E-state index in [0.29, 0.717) is 21.9 Å². The van der Waals surface area contributed by atoms with Gasteiger partial charge < -0.3 is 0 Å². The molecule has 2 aliphatic carbocycles. The lowest BCUT2D eigenvalue weighted by Gasteiger charge is -2.23. The Labute approximate surface area is 283 Å². The molecule has 2 unspecified atom stereocenters. The zero-order valence-electron chi connectivity index (χ0n) is 32.4. The molecular weight excluding hydrogens is 563 g/mol. The Morgan fingerprint density at radius 3 is 1.93 bits per heavy atom. The van der Waals surface area contributed by atoms with Crippen molar-refractivity contribution in [2.75, 3.05) is 0 Å². The zero-order valence-corrected chi connectivity index (χ0v) is 32.4. The summed E-state index contributed by atoms with van der Waals surface area (Å²) in [7, 11) is 0. The maximum absolute atomic E-state index is 16.6. The van der Waals surface area contributed by atoms with Gasteiger partial charge in [-0.1, -0.05) is 99.0 Å². The van der Waals surface area contributed by atoms with Crippen LogP contribution in [-0.4, -0.2) is 9.97 Å². The largest absolute Gasteiger partial charge is 0.241 e. The van der Waals surface area contributed by atoms with E-state index in [9.17, 15) is 0 Å². The maximum atomic E-state index is 16.6. The Morgan fingerprint density at radius 2 is 1.54 bits per heavy atom. The molecule has 1 aromatic carbocycles. The summed E-state index contributed by atoms with van der Waals surface area (Å²) in [6, 6.07) is 0. The van der Waals surface area contributed by atoms with Gasteiger partial charge in [-0.15, -0.1) is 0 Å². The minimum Gasteiger partial charge on any atom is -0.241 e. The number of hydrogen-bond donors (Lipinski definition) is 0. The van der Waals surface area contributed by atoms with Gasteiger partial charge in [0.25, 0.3) is 0 Å². The summed E-state index contributed by atoms with van der Waals surface area (Å²) in [6.45, 7) is 37.0. The summed E-state index contributed by atoms with van der Waals surface area (Å²) in [5, 5.41) is 0.842. The van der Waals surface area contributed by atoms with Crippen LogP contribution in [0.5, 0.6) is 0 Å². The van der Waals surface area contributed by atoms with Crippen molar-refractivity contribution in [3.63, 3.8) is 0 Å². The predicted molar refractivity (Wildman–Crippen MR) is 202 cm³/mol. The van der Waals surface area contributed by atoms with Gasteiger partial charge in [0.1, 0.15) is 11.3 Å². The molecule has 3 heteroatoms. The average Bonchev–Trinajstić information content (AvgIpc) is 3.94. The second kappa shape index (κ2) is 16.5. The summed E-state index contributed by atoms with van der Waals surface area (Å²) in [5.41, 5.74) is 10.8. The van der Waals surface area contributed by atoms with Crippen LogP contribution in [0.3, 0.4) is 0 Å². The summed E-state index contributed by atoms with van der Waals surface area (Å²) in [5.74, 6) is 2.49. The molecule has 2 atom stereocenters. The monoisotopic (exact) mass is 631 g/mol. The maximum Gasteiger partial charge on any atom is 0.157 e. The molecule has 1 aromatic heterocycles. The fourth-order valence-corrected chi connectivity index (χ4v) is 7.35.